The van der Waals surface area contributed by atoms with Crippen molar-refractivity contribution in [3.63, 3.8) is 0 Å². The third kappa shape index (κ3) is 4.27. The van der Waals surface area contributed by atoms with Crippen LogP contribution in [0.15, 0.2) is 18.7 Å². The van der Waals surface area contributed by atoms with Gasteiger partial charge in [0, 0.05) is 0 Å². The van der Waals surface area contributed by atoms with Crippen LogP contribution in [0.5, 0.6) is 0 Å². The fourth-order valence-electron chi connectivity index (χ4n) is 1.57. The van der Waals surface area contributed by atoms with Crippen LogP contribution in [0, 0.1) is 0 Å². The molecule has 3 heteroatoms. The normalized spacial score (nSPS) is 12.2. The van der Waals surface area contributed by atoms with Gasteiger partial charge in [-0.3, -0.25) is 0 Å². The Balaban J connectivity index is 0.00000169. The molecule has 0 aliphatic rings. The van der Waals surface area contributed by atoms with Crippen LogP contribution in [0.3, 0.4) is 0 Å². The quantitative estimate of drug-likeness (QED) is 0.497. The SMILES string of the molecule is CCCCCC(C)n1cc[n+](C)c1.[Br-]. The summed E-state index contributed by atoms with van der Waals surface area (Å²) in [5, 5.41) is 0. The summed E-state index contributed by atoms with van der Waals surface area (Å²) in [6.07, 6.45) is 11.7. The zero-order valence-corrected chi connectivity index (χ0v) is 11.0. The first kappa shape index (κ1) is 13.7. The molecule has 0 N–H and O–H groups in total. The van der Waals surface area contributed by atoms with Gasteiger partial charge in [-0.05, 0) is 19.8 Å². The summed E-state index contributed by atoms with van der Waals surface area (Å²) >= 11 is 0. The van der Waals surface area contributed by atoms with E-state index in [1.807, 2.05) is 0 Å². The lowest BCUT2D eigenvalue weighted by Crippen LogP contribution is -3.00. The third-order valence-corrected chi connectivity index (χ3v) is 2.52. The number of rotatable bonds is 5. The minimum absolute atomic E-state index is 0. The van der Waals surface area contributed by atoms with E-state index in [4.69, 9.17) is 0 Å². The summed E-state index contributed by atoms with van der Waals surface area (Å²) in [5.41, 5.74) is 0. The Bertz CT molecular complexity index is 245. The lowest BCUT2D eigenvalue weighted by atomic mass is 10.1. The highest BCUT2D eigenvalue weighted by Crippen LogP contribution is 2.13. The van der Waals surface area contributed by atoms with Crippen molar-refractivity contribution in [2.24, 2.45) is 7.05 Å². The van der Waals surface area contributed by atoms with Gasteiger partial charge in [-0.15, -0.1) is 0 Å². The van der Waals surface area contributed by atoms with E-state index in [0.717, 1.165) is 0 Å². The number of nitrogens with zero attached hydrogens (tertiary/aromatic N) is 2. The minimum atomic E-state index is 0. The zero-order valence-electron chi connectivity index (χ0n) is 9.41. The van der Waals surface area contributed by atoms with Crippen molar-refractivity contribution in [3.05, 3.63) is 18.7 Å². The Morgan fingerprint density at radius 3 is 2.57 bits per heavy atom. The van der Waals surface area contributed by atoms with E-state index in [9.17, 15) is 0 Å². The maximum absolute atomic E-state index is 2.29. The van der Waals surface area contributed by atoms with Gasteiger partial charge in [0.25, 0.3) is 0 Å². The first-order chi connectivity index (χ1) is 6.24. The molecule has 0 saturated carbocycles. The molecule has 1 unspecified atom stereocenters. The molecular formula is C11H21BrN2. The predicted octanol–water partition coefficient (Wildman–Crippen LogP) is -0.542. The van der Waals surface area contributed by atoms with Crippen molar-refractivity contribution in [1.29, 1.82) is 0 Å². The molecule has 14 heavy (non-hydrogen) atoms. The zero-order chi connectivity index (χ0) is 9.68. The minimum Gasteiger partial charge on any atom is -1.00 e. The van der Waals surface area contributed by atoms with Crippen LogP contribution in [-0.4, -0.2) is 4.57 Å². The first-order valence-corrected chi connectivity index (χ1v) is 5.26. The summed E-state index contributed by atoms with van der Waals surface area (Å²) in [6.45, 7) is 4.54. The molecule has 1 atom stereocenters. The Labute approximate surface area is 97.7 Å². The van der Waals surface area contributed by atoms with E-state index in [1.165, 1.54) is 25.7 Å². The fourth-order valence-corrected chi connectivity index (χ4v) is 1.57. The predicted molar refractivity (Wildman–Crippen MR) is 54.5 cm³/mol. The summed E-state index contributed by atoms with van der Waals surface area (Å²) < 4.78 is 4.38. The topological polar surface area (TPSA) is 8.81 Å². The van der Waals surface area contributed by atoms with Crippen molar-refractivity contribution in [3.8, 4) is 0 Å². The van der Waals surface area contributed by atoms with E-state index in [2.05, 4.69) is 48.8 Å². The van der Waals surface area contributed by atoms with E-state index >= 15 is 0 Å². The van der Waals surface area contributed by atoms with E-state index < -0.39 is 0 Å². The molecule has 1 heterocycles. The molecule has 1 aromatic heterocycles. The Morgan fingerprint density at radius 2 is 2.07 bits per heavy atom. The molecule has 0 radical (unpaired) electrons. The smallest absolute Gasteiger partial charge is 0.243 e. The van der Waals surface area contributed by atoms with E-state index in [-0.39, 0.29) is 17.0 Å². The van der Waals surface area contributed by atoms with Crippen molar-refractivity contribution >= 4 is 0 Å². The second-order valence-corrected chi connectivity index (χ2v) is 3.87. The Morgan fingerprint density at radius 1 is 1.36 bits per heavy atom. The van der Waals surface area contributed by atoms with Gasteiger partial charge in [0.1, 0.15) is 12.4 Å². The van der Waals surface area contributed by atoms with Crippen LogP contribution in [0.1, 0.15) is 45.6 Å². The van der Waals surface area contributed by atoms with Crippen molar-refractivity contribution in [2.45, 2.75) is 45.6 Å². The number of aryl methyl sites for hydroxylation is 1. The number of aromatic nitrogens is 2. The van der Waals surface area contributed by atoms with Gasteiger partial charge in [-0.2, -0.15) is 0 Å². The van der Waals surface area contributed by atoms with Crippen molar-refractivity contribution < 1.29 is 21.5 Å². The molecule has 1 aromatic rings. The third-order valence-electron chi connectivity index (χ3n) is 2.52. The number of halogens is 1. The van der Waals surface area contributed by atoms with Crippen LogP contribution in [-0.2, 0) is 7.05 Å². The summed E-state index contributed by atoms with van der Waals surface area (Å²) in [5.74, 6) is 0. The molecule has 0 aliphatic carbocycles. The van der Waals surface area contributed by atoms with Crippen LogP contribution in [0.25, 0.3) is 0 Å². The Kier molecular flexibility index (Phi) is 6.89. The average Bonchev–Trinajstić information content (AvgIpc) is 2.52. The molecule has 82 valence electrons. The molecule has 1 rings (SSSR count). The fraction of sp³-hybridized carbons (Fsp3) is 0.727. The van der Waals surface area contributed by atoms with Crippen LogP contribution in [0.4, 0.5) is 0 Å². The summed E-state index contributed by atoms with van der Waals surface area (Å²) in [7, 11) is 2.06. The van der Waals surface area contributed by atoms with Gasteiger partial charge >= 0.3 is 0 Å². The summed E-state index contributed by atoms with van der Waals surface area (Å²) in [4.78, 5) is 0. The van der Waals surface area contributed by atoms with E-state index in [0.29, 0.717) is 6.04 Å². The molecule has 0 saturated heterocycles. The van der Waals surface area contributed by atoms with Crippen LogP contribution >= 0.6 is 0 Å². The maximum Gasteiger partial charge on any atom is 0.243 e. The lowest BCUT2D eigenvalue weighted by Gasteiger charge is -2.06. The van der Waals surface area contributed by atoms with E-state index in [1.54, 1.807) is 0 Å². The van der Waals surface area contributed by atoms with Crippen LogP contribution in [0.2, 0.25) is 0 Å². The molecule has 2 nitrogen and oxygen atoms in total. The maximum atomic E-state index is 2.29. The van der Waals surface area contributed by atoms with Gasteiger partial charge in [0.15, 0.2) is 0 Å². The van der Waals surface area contributed by atoms with Gasteiger partial charge in [0.05, 0.1) is 13.1 Å². The van der Waals surface area contributed by atoms with Crippen molar-refractivity contribution in [1.82, 2.24) is 4.57 Å². The number of hydrogen-bond acceptors (Lipinski definition) is 0. The second kappa shape index (κ2) is 7.04. The molecule has 0 fully saturated rings. The number of hydrogen-bond donors (Lipinski definition) is 0. The highest BCUT2D eigenvalue weighted by Gasteiger charge is 2.08. The first-order valence-electron chi connectivity index (χ1n) is 5.26. The molecule has 0 aliphatic heterocycles. The monoisotopic (exact) mass is 260 g/mol. The Hall–Kier alpha value is -0.310. The number of unbranched alkanes of at least 4 members (excludes halogenated alkanes) is 2. The molecule has 0 amide bonds. The highest BCUT2D eigenvalue weighted by molar-refractivity contribution is 4.72. The second-order valence-electron chi connectivity index (χ2n) is 3.87. The highest BCUT2D eigenvalue weighted by atomic mass is 79.9. The molecule has 0 bridgehead atoms. The largest absolute Gasteiger partial charge is 1.00 e. The lowest BCUT2D eigenvalue weighted by molar-refractivity contribution is -0.671. The average molecular weight is 261 g/mol. The molecular weight excluding hydrogens is 240 g/mol. The van der Waals surface area contributed by atoms with Crippen molar-refractivity contribution in [2.75, 3.05) is 0 Å². The molecule has 0 aromatic carbocycles. The van der Waals surface area contributed by atoms with Gasteiger partial charge in [-0.25, -0.2) is 9.13 Å². The standard InChI is InChI=1S/C11H21N2.BrH/c1-4-5-6-7-11(2)13-9-8-12(3)10-13;/h8-11H,4-7H2,1-3H3;1H/q+1;/p-1. The molecule has 0 spiro atoms. The van der Waals surface area contributed by atoms with Gasteiger partial charge in [-0.1, -0.05) is 19.8 Å². The van der Waals surface area contributed by atoms with Gasteiger partial charge < -0.3 is 17.0 Å². The summed E-state index contributed by atoms with van der Waals surface area (Å²) in [6, 6.07) is 0.646. The van der Waals surface area contributed by atoms with Gasteiger partial charge in [0.2, 0.25) is 6.33 Å². The van der Waals surface area contributed by atoms with Crippen LogP contribution < -0.4 is 21.5 Å². The number of imidazole rings is 1.